The number of para-hydroxylation sites is 2. The Morgan fingerprint density at radius 1 is 0.389 bits per heavy atom. The Bertz CT molecular complexity index is 2930. The van der Waals surface area contributed by atoms with Gasteiger partial charge in [0.15, 0.2) is 0 Å². The van der Waals surface area contributed by atoms with Crippen molar-refractivity contribution in [2.24, 2.45) is 0 Å². The second kappa shape index (κ2) is 13.4. The average Bonchev–Trinajstić information content (AvgIpc) is 3.76. The van der Waals surface area contributed by atoms with E-state index < -0.39 is 0 Å². The molecule has 0 fully saturated rings. The minimum Gasteiger partial charge on any atom is -0.309 e. The van der Waals surface area contributed by atoms with Crippen LogP contribution in [0.1, 0.15) is 25.3 Å². The third-order valence-corrected chi connectivity index (χ3v) is 11.1. The first kappa shape index (κ1) is 32.0. The van der Waals surface area contributed by atoms with Crippen LogP contribution in [-0.4, -0.2) is 9.13 Å². The van der Waals surface area contributed by atoms with Crippen molar-refractivity contribution in [3.8, 4) is 44.8 Å². The van der Waals surface area contributed by atoms with Crippen LogP contribution >= 0.6 is 0 Å². The first-order valence-corrected chi connectivity index (χ1v) is 19.2. The Morgan fingerprint density at radius 2 is 0.870 bits per heavy atom. The number of hydrogen-bond acceptors (Lipinski definition) is 0. The molecule has 0 aliphatic heterocycles. The molecule has 0 aliphatic carbocycles. The summed E-state index contributed by atoms with van der Waals surface area (Å²) in [5.74, 6) is 0. The Kier molecular flexibility index (Phi) is 7.95. The second-order valence-corrected chi connectivity index (χ2v) is 14.4. The van der Waals surface area contributed by atoms with Crippen molar-refractivity contribution < 1.29 is 0 Å². The second-order valence-electron chi connectivity index (χ2n) is 14.4. The van der Waals surface area contributed by atoms with E-state index in [-0.39, 0.29) is 0 Å². The predicted molar refractivity (Wildman–Crippen MR) is 230 cm³/mol. The first-order chi connectivity index (χ1) is 26.8. The quantitative estimate of drug-likeness (QED) is 0.150. The minimum atomic E-state index is 1.07. The van der Waals surface area contributed by atoms with E-state index in [0.29, 0.717) is 0 Å². The van der Waals surface area contributed by atoms with Gasteiger partial charge in [0.05, 0.1) is 27.8 Å². The number of aromatic nitrogens is 2. The van der Waals surface area contributed by atoms with E-state index in [1.165, 1.54) is 101 Å². The molecule has 2 nitrogen and oxygen atoms in total. The molecule has 0 saturated heterocycles. The van der Waals surface area contributed by atoms with Crippen LogP contribution in [-0.2, 0) is 6.42 Å². The number of benzene rings is 8. The Labute approximate surface area is 316 Å². The van der Waals surface area contributed by atoms with E-state index in [9.17, 15) is 0 Å². The van der Waals surface area contributed by atoms with E-state index in [4.69, 9.17) is 0 Å². The summed E-state index contributed by atoms with van der Waals surface area (Å²) in [5, 5.41) is 5.11. The summed E-state index contributed by atoms with van der Waals surface area (Å²) in [4.78, 5) is 0. The van der Waals surface area contributed by atoms with Gasteiger partial charge < -0.3 is 9.13 Å². The molecule has 10 rings (SSSR count). The number of nitrogens with zero attached hydrogens (tertiary/aromatic N) is 2. The van der Waals surface area contributed by atoms with E-state index in [1.54, 1.807) is 0 Å². The molecule has 258 valence electrons. The van der Waals surface area contributed by atoms with Gasteiger partial charge in [0.25, 0.3) is 0 Å². The van der Waals surface area contributed by atoms with Crippen LogP contribution in [0.25, 0.3) is 88.4 Å². The Morgan fingerprint density at radius 3 is 1.46 bits per heavy atom. The van der Waals surface area contributed by atoms with Gasteiger partial charge >= 0.3 is 0 Å². The van der Waals surface area contributed by atoms with Gasteiger partial charge in [-0.05, 0) is 94.8 Å². The van der Waals surface area contributed by atoms with Gasteiger partial charge in [0, 0.05) is 32.8 Å². The highest BCUT2D eigenvalue weighted by atomic mass is 15.0. The molecule has 0 bridgehead atoms. The van der Waals surface area contributed by atoms with E-state index in [2.05, 4.69) is 204 Å². The summed E-state index contributed by atoms with van der Waals surface area (Å²) in [5.41, 5.74) is 16.0. The molecule has 2 aromatic heterocycles. The lowest BCUT2D eigenvalue weighted by atomic mass is 9.96. The van der Waals surface area contributed by atoms with Crippen molar-refractivity contribution in [1.29, 1.82) is 0 Å². The Hall–Kier alpha value is -6.64. The fraction of sp³-hybridized carbons (Fsp3) is 0.0769. The summed E-state index contributed by atoms with van der Waals surface area (Å²) in [7, 11) is 0. The van der Waals surface area contributed by atoms with Crippen molar-refractivity contribution in [3.63, 3.8) is 0 Å². The van der Waals surface area contributed by atoms with Crippen LogP contribution in [0, 0.1) is 0 Å². The van der Waals surface area contributed by atoms with Crippen LogP contribution in [0.4, 0.5) is 0 Å². The number of unbranched alkanes of at least 4 members (excludes halogenated alkanes) is 1. The molecule has 0 spiro atoms. The van der Waals surface area contributed by atoms with Crippen molar-refractivity contribution in [2.75, 3.05) is 0 Å². The van der Waals surface area contributed by atoms with Crippen LogP contribution in [0.5, 0.6) is 0 Å². The minimum absolute atomic E-state index is 1.07. The Balaban J connectivity index is 1.20. The molecule has 54 heavy (non-hydrogen) atoms. The normalized spacial score (nSPS) is 11.6. The van der Waals surface area contributed by atoms with Gasteiger partial charge in [0.2, 0.25) is 0 Å². The summed E-state index contributed by atoms with van der Waals surface area (Å²) in [6.45, 7) is 2.27. The van der Waals surface area contributed by atoms with Crippen molar-refractivity contribution >= 4 is 43.6 Å². The molecule has 0 aliphatic rings. The molecule has 0 unspecified atom stereocenters. The van der Waals surface area contributed by atoms with Crippen LogP contribution in [0.2, 0.25) is 0 Å². The maximum Gasteiger partial charge on any atom is 0.0549 e. The maximum atomic E-state index is 2.51. The number of aryl methyl sites for hydroxylation is 1. The van der Waals surface area contributed by atoms with Crippen molar-refractivity contribution in [2.45, 2.75) is 26.2 Å². The van der Waals surface area contributed by atoms with Gasteiger partial charge in [-0.1, -0.05) is 153 Å². The van der Waals surface area contributed by atoms with Gasteiger partial charge in [0.1, 0.15) is 0 Å². The van der Waals surface area contributed by atoms with E-state index in [1.807, 2.05) is 0 Å². The van der Waals surface area contributed by atoms with Crippen molar-refractivity contribution in [3.05, 3.63) is 194 Å². The van der Waals surface area contributed by atoms with Gasteiger partial charge in [-0.15, -0.1) is 0 Å². The molecule has 2 heterocycles. The number of hydrogen-bond donors (Lipinski definition) is 0. The zero-order valence-electron chi connectivity index (χ0n) is 30.4. The molecular formula is C52H40N2. The van der Waals surface area contributed by atoms with E-state index >= 15 is 0 Å². The topological polar surface area (TPSA) is 9.86 Å². The molecule has 0 radical (unpaired) electrons. The predicted octanol–water partition coefficient (Wildman–Crippen LogP) is 14.2. The molecule has 0 atom stereocenters. The first-order valence-electron chi connectivity index (χ1n) is 19.2. The molecule has 2 heteroatoms. The maximum absolute atomic E-state index is 2.51. The van der Waals surface area contributed by atoms with Gasteiger partial charge in [-0.2, -0.15) is 0 Å². The smallest absolute Gasteiger partial charge is 0.0549 e. The molecule has 0 saturated carbocycles. The molecular weight excluding hydrogens is 653 g/mol. The van der Waals surface area contributed by atoms with Gasteiger partial charge in [-0.3, -0.25) is 0 Å². The zero-order valence-corrected chi connectivity index (χ0v) is 30.4. The summed E-state index contributed by atoms with van der Waals surface area (Å²) in [6, 6.07) is 69.1. The average molecular weight is 693 g/mol. The van der Waals surface area contributed by atoms with Crippen LogP contribution in [0.3, 0.4) is 0 Å². The van der Waals surface area contributed by atoms with Crippen LogP contribution < -0.4 is 0 Å². The summed E-state index contributed by atoms with van der Waals surface area (Å²) in [6.07, 6.45) is 3.43. The summed E-state index contributed by atoms with van der Waals surface area (Å²) >= 11 is 0. The van der Waals surface area contributed by atoms with Crippen molar-refractivity contribution in [1.82, 2.24) is 9.13 Å². The SMILES string of the molecule is CCCCc1ccc(-n2c3ccccc3c3c4c5ccccc5n(-c5ccc(-c6ccccc6)cc5)c4ccc32)c(-c2ccc(-c3ccccc3)cc2)c1. The molecule has 0 amide bonds. The third kappa shape index (κ3) is 5.33. The largest absolute Gasteiger partial charge is 0.309 e. The fourth-order valence-electron chi connectivity index (χ4n) is 8.51. The highest BCUT2D eigenvalue weighted by Gasteiger charge is 2.22. The number of rotatable bonds is 8. The highest BCUT2D eigenvalue weighted by Crippen LogP contribution is 2.44. The number of fused-ring (bicyclic) bond motifs is 7. The highest BCUT2D eigenvalue weighted by molar-refractivity contribution is 6.29. The fourth-order valence-corrected chi connectivity index (χ4v) is 8.51. The third-order valence-electron chi connectivity index (χ3n) is 11.1. The van der Waals surface area contributed by atoms with E-state index in [0.717, 1.165) is 12.1 Å². The lowest BCUT2D eigenvalue weighted by Gasteiger charge is -2.16. The monoisotopic (exact) mass is 692 g/mol. The summed E-state index contributed by atoms with van der Waals surface area (Å²) < 4.78 is 4.95. The molecule has 0 N–H and O–H groups in total. The van der Waals surface area contributed by atoms with Crippen LogP contribution in [0.15, 0.2) is 188 Å². The zero-order chi connectivity index (χ0) is 36.0. The van der Waals surface area contributed by atoms with Gasteiger partial charge in [-0.25, -0.2) is 0 Å². The molecule has 10 aromatic rings. The molecule has 8 aromatic carbocycles. The lowest BCUT2D eigenvalue weighted by molar-refractivity contribution is 0.795. The standard InChI is InChI=1S/C52H40N2/c1-2-3-14-36-23-32-48(45(35-36)41-26-24-39(25-27-41)37-15-6-4-7-16-37)54-47-22-13-11-20-44(47)52-50(54)34-33-49-51(52)43-19-10-12-21-46(43)53(49)42-30-28-40(29-31-42)38-17-8-5-9-18-38/h4-13,15-35H,2-3,14H2,1H3. The lowest BCUT2D eigenvalue weighted by Crippen LogP contribution is -1.99.